The van der Waals surface area contributed by atoms with E-state index < -0.39 is 0 Å². The second kappa shape index (κ2) is 5.61. The van der Waals surface area contributed by atoms with Gasteiger partial charge in [-0.15, -0.1) is 0 Å². The van der Waals surface area contributed by atoms with Crippen LogP contribution in [0.3, 0.4) is 0 Å². The fourth-order valence-corrected chi connectivity index (χ4v) is 2.65. The Morgan fingerprint density at radius 2 is 1.94 bits per heavy atom. The Hall–Kier alpha value is -1.22. The van der Waals surface area contributed by atoms with Gasteiger partial charge < -0.3 is 15.0 Å². The van der Waals surface area contributed by atoms with Crippen LogP contribution in [0.15, 0.2) is 24.3 Å². The van der Waals surface area contributed by atoms with Gasteiger partial charge >= 0.3 is 0 Å². The molecule has 1 aromatic carbocycles. The Morgan fingerprint density at radius 3 is 2.67 bits per heavy atom. The van der Waals surface area contributed by atoms with E-state index >= 15 is 0 Å². The van der Waals surface area contributed by atoms with E-state index in [9.17, 15) is 0 Å². The van der Waals surface area contributed by atoms with Crippen LogP contribution in [0, 0.1) is 5.92 Å². The zero-order chi connectivity index (χ0) is 12.2. The highest BCUT2D eigenvalue weighted by molar-refractivity contribution is 5.70. The molecule has 3 nitrogen and oxygen atoms in total. The third kappa shape index (κ3) is 2.61. The molecule has 1 heterocycles. The molecule has 1 aromatic rings. The summed E-state index contributed by atoms with van der Waals surface area (Å²) >= 11 is 0. The molecule has 0 spiro atoms. The van der Waals surface area contributed by atoms with Crippen LogP contribution in [0.4, 0.5) is 11.4 Å². The zero-order valence-electron chi connectivity index (χ0n) is 10.9. The molecule has 3 rings (SSSR count). The van der Waals surface area contributed by atoms with Crippen LogP contribution < -0.4 is 10.2 Å². The maximum absolute atomic E-state index is 5.42. The lowest BCUT2D eigenvalue weighted by Crippen LogP contribution is -2.36. The van der Waals surface area contributed by atoms with Crippen molar-refractivity contribution in [2.24, 2.45) is 5.92 Å². The highest BCUT2D eigenvalue weighted by Gasteiger charge is 2.18. The molecular weight excluding hydrogens is 224 g/mol. The van der Waals surface area contributed by atoms with Crippen LogP contribution in [0.5, 0.6) is 0 Å². The second-order valence-electron chi connectivity index (χ2n) is 5.29. The van der Waals surface area contributed by atoms with Gasteiger partial charge in [0.15, 0.2) is 0 Å². The summed E-state index contributed by atoms with van der Waals surface area (Å²) in [5.41, 5.74) is 2.62. The number of nitrogens with zero attached hydrogens (tertiary/aromatic N) is 1. The minimum absolute atomic E-state index is 0.844. The van der Waals surface area contributed by atoms with E-state index in [-0.39, 0.29) is 0 Å². The van der Waals surface area contributed by atoms with Crippen molar-refractivity contribution < 1.29 is 4.74 Å². The van der Waals surface area contributed by atoms with Gasteiger partial charge in [-0.2, -0.15) is 0 Å². The van der Waals surface area contributed by atoms with Crippen LogP contribution in [0.2, 0.25) is 0 Å². The number of anilines is 2. The van der Waals surface area contributed by atoms with E-state index in [0.717, 1.165) is 38.8 Å². The molecule has 0 atom stereocenters. The highest BCUT2D eigenvalue weighted by atomic mass is 16.5. The molecule has 1 saturated heterocycles. The zero-order valence-corrected chi connectivity index (χ0v) is 10.9. The predicted molar refractivity (Wildman–Crippen MR) is 75.3 cm³/mol. The topological polar surface area (TPSA) is 24.5 Å². The van der Waals surface area contributed by atoms with Crippen molar-refractivity contribution in [1.29, 1.82) is 0 Å². The third-order valence-electron chi connectivity index (χ3n) is 4.06. The number of hydrogen-bond acceptors (Lipinski definition) is 3. The molecule has 2 fully saturated rings. The van der Waals surface area contributed by atoms with Crippen LogP contribution in [0.1, 0.15) is 19.3 Å². The minimum atomic E-state index is 0.844. The molecule has 1 aliphatic carbocycles. The van der Waals surface area contributed by atoms with Gasteiger partial charge in [-0.3, -0.25) is 0 Å². The summed E-state index contributed by atoms with van der Waals surface area (Å²) in [5, 5.41) is 3.63. The van der Waals surface area contributed by atoms with E-state index in [1.54, 1.807) is 0 Å². The summed E-state index contributed by atoms with van der Waals surface area (Å²) in [6.45, 7) is 4.82. The van der Waals surface area contributed by atoms with E-state index in [0.29, 0.717) is 0 Å². The molecular formula is C15H22N2O. The quantitative estimate of drug-likeness (QED) is 0.884. The Labute approximate surface area is 109 Å². The summed E-state index contributed by atoms with van der Waals surface area (Å²) in [4.78, 5) is 2.42. The fourth-order valence-electron chi connectivity index (χ4n) is 2.65. The van der Waals surface area contributed by atoms with E-state index in [1.807, 2.05) is 0 Å². The van der Waals surface area contributed by atoms with Gasteiger partial charge in [0.2, 0.25) is 0 Å². The average molecular weight is 246 g/mol. The van der Waals surface area contributed by atoms with Crippen molar-refractivity contribution >= 4 is 11.4 Å². The average Bonchev–Trinajstić information content (AvgIpc) is 2.39. The van der Waals surface area contributed by atoms with E-state index in [1.165, 1.54) is 30.6 Å². The van der Waals surface area contributed by atoms with Crippen molar-refractivity contribution in [2.75, 3.05) is 43.1 Å². The number of para-hydroxylation sites is 2. The predicted octanol–water partition coefficient (Wildman–Crippen LogP) is 2.74. The van der Waals surface area contributed by atoms with Crippen molar-refractivity contribution in [2.45, 2.75) is 19.3 Å². The Balaban J connectivity index is 1.67. The molecule has 98 valence electrons. The maximum atomic E-state index is 5.42. The smallest absolute Gasteiger partial charge is 0.0642 e. The number of ether oxygens (including phenoxy) is 1. The largest absolute Gasteiger partial charge is 0.383 e. The standard InChI is InChI=1S/C15H22N2O/c1-2-7-15(17-8-10-18-11-9-17)14(6-1)16-12-13-4-3-5-13/h1-2,6-7,13,16H,3-5,8-12H2. The van der Waals surface area contributed by atoms with Crippen molar-refractivity contribution in [3.05, 3.63) is 24.3 Å². The van der Waals surface area contributed by atoms with Gasteiger partial charge in [0, 0.05) is 19.6 Å². The first-order valence-corrected chi connectivity index (χ1v) is 7.09. The summed E-state index contributed by atoms with van der Waals surface area (Å²) in [7, 11) is 0. The molecule has 3 heteroatoms. The lowest BCUT2D eigenvalue weighted by molar-refractivity contribution is 0.123. The molecule has 1 aliphatic heterocycles. The van der Waals surface area contributed by atoms with Gasteiger partial charge in [0.25, 0.3) is 0 Å². The molecule has 18 heavy (non-hydrogen) atoms. The van der Waals surface area contributed by atoms with Crippen molar-refractivity contribution in [3.63, 3.8) is 0 Å². The number of benzene rings is 1. The number of nitrogens with one attached hydrogen (secondary N) is 1. The first-order valence-electron chi connectivity index (χ1n) is 7.09. The van der Waals surface area contributed by atoms with Crippen LogP contribution in [-0.2, 0) is 4.74 Å². The molecule has 0 aromatic heterocycles. The molecule has 0 radical (unpaired) electrons. The van der Waals surface area contributed by atoms with E-state index in [4.69, 9.17) is 4.74 Å². The lowest BCUT2D eigenvalue weighted by Gasteiger charge is -2.32. The SMILES string of the molecule is c1ccc(N2CCOCC2)c(NCC2CCC2)c1. The van der Waals surface area contributed by atoms with Crippen LogP contribution >= 0.6 is 0 Å². The molecule has 2 aliphatic rings. The summed E-state index contributed by atoms with van der Waals surface area (Å²) in [6, 6.07) is 8.66. The first-order chi connectivity index (χ1) is 8.93. The molecule has 1 N–H and O–H groups in total. The lowest BCUT2D eigenvalue weighted by atomic mass is 9.85. The van der Waals surface area contributed by atoms with Crippen molar-refractivity contribution in [1.82, 2.24) is 0 Å². The Morgan fingerprint density at radius 1 is 1.17 bits per heavy atom. The van der Waals surface area contributed by atoms with Crippen LogP contribution in [-0.4, -0.2) is 32.8 Å². The molecule has 0 amide bonds. The Kier molecular flexibility index (Phi) is 3.69. The maximum Gasteiger partial charge on any atom is 0.0642 e. The summed E-state index contributed by atoms with van der Waals surface area (Å²) in [5.74, 6) is 0.891. The van der Waals surface area contributed by atoms with Gasteiger partial charge in [-0.05, 0) is 30.9 Å². The molecule has 1 saturated carbocycles. The first kappa shape index (κ1) is 11.8. The van der Waals surface area contributed by atoms with Crippen molar-refractivity contribution in [3.8, 4) is 0 Å². The Bertz CT molecular complexity index is 384. The number of hydrogen-bond donors (Lipinski definition) is 1. The van der Waals surface area contributed by atoms with Gasteiger partial charge in [0.1, 0.15) is 0 Å². The third-order valence-corrected chi connectivity index (χ3v) is 4.06. The normalized spacial score (nSPS) is 20.6. The number of morpholine rings is 1. The monoisotopic (exact) mass is 246 g/mol. The summed E-state index contributed by atoms with van der Waals surface area (Å²) < 4.78 is 5.42. The van der Waals surface area contributed by atoms with Gasteiger partial charge in [-0.25, -0.2) is 0 Å². The summed E-state index contributed by atoms with van der Waals surface area (Å²) in [6.07, 6.45) is 4.21. The van der Waals surface area contributed by atoms with Gasteiger partial charge in [-0.1, -0.05) is 18.6 Å². The second-order valence-corrected chi connectivity index (χ2v) is 5.29. The number of rotatable bonds is 4. The molecule has 0 unspecified atom stereocenters. The van der Waals surface area contributed by atoms with Crippen LogP contribution in [0.25, 0.3) is 0 Å². The molecule has 0 bridgehead atoms. The van der Waals surface area contributed by atoms with E-state index in [2.05, 4.69) is 34.5 Å². The fraction of sp³-hybridized carbons (Fsp3) is 0.600. The minimum Gasteiger partial charge on any atom is -0.383 e. The van der Waals surface area contributed by atoms with Gasteiger partial charge in [0.05, 0.1) is 24.6 Å². The highest BCUT2D eigenvalue weighted by Crippen LogP contribution is 2.30.